The first-order chi connectivity index (χ1) is 15.0. The lowest BCUT2D eigenvalue weighted by Crippen LogP contribution is -2.46. The van der Waals surface area contributed by atoms with Gasteiger partial charge in [-0.3, -0.25) is 4.79 Å². The number of carbonyl (C=O) groups is 1. The lowest BCUT2D eigenvalue weighted by atomic mass is 9.93. The van der Waals surface area contributed by atoms with Crippen molar-refractivity contribution < 1.29 is 4.79 Å². The number of benzene rings is 1. The molecule has 1 aromatic rings. The second-order valence-electron chi connectivity index (χ2n) is 8.51. The van der Waals surface area contributed by atoms with Crippen molar-refractivity contribution in [1.82, 2.24) is 20.4 Å². The van der Waals surface area contributed by atoms with E-state index in [9.17, 15) is 4.79 Å². The number of halogens is 2. The van der Waals surface area contributed by atoms with Crippen LogP contribution in [0.4, 0.5) is 5.69 Å². The van der Waals surface area contributed by atoms with E-state index in [1.54, 1.807) is 7.05 Å². The average molecular weight is 577 g/mol. The van der Waals surface area contributed by atoms with Gasteiger partial charge in [0.1, 0.15) is 0 Å². The summed E-state index contributed by atoms with van der Waals surface area (Å²) in [7, 11) is 3.87. The molecule has 2 aliphatic rings. The number of amides is 1. The molecule has 2 fully saturated rings. The summed E-state index contributed by atoms with van der Waals surface area (Å²) in [5.74, 6) is 1.52. The Morgan fingerprint density at radius 2 is 1.84 bits per heavy atom. The lowest BCUT2D eigenvalue weighted by Gasteiger charge is -2.35. The van der Waals surface area contributed by atoms with Crippen LogP contribution >= 0.6 is 35.6 Å². The molecule has 2 heterocycles. The molecule has 9 heteroatoms. The van der Waals surface area contributed by atoms with Crippen molar-refractivity contribution in [1.29, 1.82) is 0 Å². The number of anilines is 1. The molecule has 180 valence electrons. The van der Waals surface area contributed by atoms with Crippen molar-refractivity contribution in [3.05, 3.63) is 28.8 Å². The van der Waals surface area contributed by atoms with Crippen LogP contribution in [0.25, 0.3) is 0 Å². The largest absolute Gasteiger partial charge is 0.369 e. The zero-order chi connectivity index (χ0) is 22.2. The molecule has 7 nitrogen and oxygen atoms in total. The maximum Gasteiger partial charge on any atom is 0.220 e. The van der Waals surface area contributed by atoms with Crippen LogP contribution in [-0.4, -0.2) is 81.6 Å². The zero-order valence-corrected chi connectivity index (χ0v) is 22.7. The summed E-state index contributed by atoms with van der Waals surface area (Å²) in [6.45, 7) is 9.44. The van der Waals surface area contributed by atoms with Gasteiger partial charge < -0.3 is 25.3 Å². The normalized spacial score (nSPS) is 18.3. The van der Waals surface area contributed by atoms with Gasteiger partial charge in [-0.2, -0.15) is 0 Å². The van der Waals surface area contributed by atoms with Crippen LogP contribution in [0.15, 0.2) is 23.2 Å². The molecule has 0 saturated carbocycles. The molecule has 1 aromatic carbocycles. The number of aliphatic imine (C=N–C) groups is 1. The Bertz CT molecular complexity index is 761. The van der Waals surface area contributed by atoms with Crippen molar-refractivity contribution in [3.8, 4) is 0 Å². The van der Waals surface area contributed by atoms with Crippen molar-refractivity contribution in [2.45, 2.75) is 32.7 Å². The number of nitrogens with zero attached hydrogens (tertiary/aromatic N) is 4. The van der Waals surface area contributed by atoms with Crippen molar-refractivity contribution in [3.63, 3.8) is 0 Å². The Kier molecular flexibility index (Phi) is 11.3. The number of guanidine groups is 1. The quantitative estimate of drug-likeness (QED) is 0.310. The van der Waals surface area contributed by atoms with E-state index in [4.69, 9.17) is 16.6 Å². The monoisotopic (exact) mass is 576 g/mol. The molecule has 0 aromatic heterocycles. The van der Waals surface area contributed by atoms with E-state index >= 15 is 0 Å². The van der Waals surface area contributed by atoms with Gasteiger partial charge in [-0.05, 0) is 44.9 Å². The second-order valence-corrected chi connectivity index (χ2v) is 8.91. The summed E-state index contributed by atoms with van der Waals surface area (Å²) >= 11 is 6.63. The van der Waals surface area contributed by atoms with E-state index in [0.29, 0.717) is 18.9 Å². The number of nitrogens with one attached hydrogen (secondary N) is 2. The maximum absolute atomic E-state index is 11.7. The predicted molar refractivity (Wildman–Crippen MR) is 144 cm³/mol. The lowest BCUT2D eigenvalue weighted by molar-refractivity contribution is -0.121. The van der Waals surface area contributed by atoms with E-state index in [2.05, 4.69) is 45.4 Å². The number of likely N-dealkylation sites (N-methyl/N-ethyl adjacent to an activating group) is 1. The molecule has 32 heavy (non-hydrogen) atoms. The fraction of sp³-hybridized carbons (Fsp3) is 0.652. The number of piperidine rings is 1. The number of rotatable bonds is 6. The average Bonchev–Trinajstić information content (AvgIpc) is 2.78. The third kappa shape index (κ3) is 7.38. The molecular weight excluding hydrogens is 539 g/mol. The molecule has 0 unspecified atom stereocenters. The third-order valence-corrected chi connectivity index (χ3v) is 6.68. The van der Waals surface area contributed by atoms with Gasteiger partial charge >= 0.3 is 0 Å². The number of likely N-dealkylation sites (tertiary alicyclic amines) is 1. The fourth-order valence-electron chi connectivity index (χ4n) is 4.34. The van der Waals surface area contributed by atoms with Crippen LogP contribution < -0.4 is 15.5 Å². The number of hydrogen-bond donors (Lipinski definition) is 2. The molecule has 2 aliphatic heterocycles. The molecule has 0 atom stereocenters. The molecule has 0 bridgehead atoms. The molecule has 0 radical (unpaired) electrons. The van der Waals surface area contributed by atoms with Crippen molar-refractivity contribution in [2.24, 2.45) is 10.9 Å². The third-order valence-electron chi connectivity index (χ3n) is 6.33. The number of hydrogen-bond acceptors (Lipinski definition) is 4. The van der Waals surface area contributed by atoms with E-state index in [1.807, 2.05) is 12.1 Å². The van der Waals surface area contributed by atoms with Crippen LogP contribution in [-0.2, 0) is 11.3 Å². The molecule has 2 saturated heterocycles. The Labute approximate surface area is 215 Å². The molecule has 2 N–H and O–H groups in total. The predicted octanol–water partition coefficient (Wildman–Crippen LogP) is 3.02. The maximum atomic E-state index is 11.7. The van der Waals surface area contributed by atoms with E-state index in [1.165, 1.54) is 5.69 Å². The molecule has 3 rings (SSSR count). The smallest absolute Gasteiger partial charge is 0.220 e. The van der Waals surface area contributed by atoms with Crippen LogP contribution in [0.3, 0.4) is 0 Å². The molecule has 0 aliphatic carbocycles. The Morgan fingerprint density at radius 1 is 1.16 bits per heavy atom. The van der Waals surface area contributed by atoms with Gasteiger partial charge in [0.15, 0.2) is 5.96 Å². The fourth-order valence-corrected chi connectivity index (χ4v) is 4.57. The number of piperazine rings is 1. The summed E-state index contributed by atoms with van der Waals surface area (Å²) in [6, 6.07) is 6.16. The summed E-state index contributed by atoms with van der Waals surface area (Å²) in [5.41, 5.74) is 2.29. The van der Waals surface area contributed by atoms with Gasteiger partial charge in [-0.25, -0.2) is 4.99 Å². The van der Waals surface area contributed by atoms with Gasteiger partial charge in [0.05, 0.1) is 6.54 Å². The minimum atomic E-state index is 0. The van der Waals surface area contributed by atoms with Crippen LogP contribution in [0.1, 0.15) is 31.7 Å². The van der Waals surface area contributed by atoms with Gasteiger partial charge in [0, 0.05) is 75.6 Å². The van der Waals surface area contributed by atoms with Gasteiger partial charge in [-0.1, -0.05) is 17.7 Å². The highest BCUT2D eigenvalue weighted by Gasteiger charge is 2.24. The first-order valence-corrected chi connectivity index (χ1v) is 11.8. The van der Waals surface area contributed by atoms with Crippen LogP contribution in [0, 0.1) is 5.92 Å². The highest BCUT2D eigenvalue weighted by atomic mass is 127. The summed E-state index contributed by atoms with van der Waals surface area (Å²) in [4.78, 5) is 23.8. The SMILES string of the molecule is CCNC(=NCc1c(Cl)cccc1N1CCN(C)CC1)N1CCC(CC(=O)NC)CC1.I. The number of carbonyl (C=O) groups excluding carboxylic acids is 1. The Morgan fingerprint density at radius 3 is 2.47 bits per heavy atom. The van der Waals surface area contributed by atoms with Gasteiger partial charge in [0.25, 0.3) is 0 Å². The first kappa shape index (κ1) is 27.0. The highest BCUT2D eigenvalue weighted by molar-refractivity contribution is 14.0. The summed E-state index contributed by atoms with van der Waals surface area (Å²) in [6.07, 6.45) is 2.64. The Hall–Kier alpha value is -1.26. The van der Waals surface area contributed by atoms with E-state index < -0.39 is 0 Å². The Balaban J connectivity index is 0.00000363. The molecule has 1 amide bonds. The van der Waals surface area contributed by atoms with Crippen molar-refractivity contribution in [2.75, 3.05) is 64.8 Å². The van der Waals surface area contributed by atoms with E-state index in [-0.39, 0.29) is 29.9 Å². The minimum Gasteiger partial charge on any atom is -0.369 e. The van der Waals surface area contributed by atoms with Gasteiger partial charge in [-0.15, -0.1) is 24.0 Å². The summed E-state index contributed by atoms with van der Waals surface area (Å²) < 4.78 is 0. The molecular formula is C23H38ClIN6O. The first-order valence-electron chi connectivity index (χ1n) is 11.5. The molecule has 0 spiro atoms. The highest BCUT2D eigenvalue weighted by Crippen LogP contribution is 2.29. The standard InChI is InChI=1S/C23H37ClN6O.HI/c1-4-26-23(30-10-8-18(9-11-30)16-22(31)25-2)27-17-19-20(24)6-5-7-21(19)29-14-12-28(3)13-15-29;/h5-7,18H,4,8-17H2,1-3H3,(H,25,31)(H,26,27);1H. The van der Waals surface area contributed by atoms with Crippen LogP contribution in [0.5, 0.6) is 0 Å². The van der Waals surface area contributed by atoms with Gasteiger partial charge in [0.2, 0.25) is 5.91 Å². The summed E-state index contributed by atoms with van der Waals surface area (Å²) in [5, 5.41) is 6.96. The second kappa shape index (κ2) is 13.4. The van der Waals surface area contributed by atoms with Crippen molar-refractivity contribution >= 4 is 53.1 Å². The zero-order valence-electron chi connectivity index (χ0n) is 19.6. The van der Waals surface area contributed by atoms with Crippen LogP contribution in [0.2, 0.25) is 5.02 Å². The van der Waals surface area contributed by atoms with E-state index in [0.717, 1.165) is 75.2 Å². The topological polar surface area (TPSA) is 63.2 Å². The minimum absolute atomic E-state index is 0.